The number of rotatable bonds is 4. The first kappa shape index (κ1) is 13.1. The van der Waals surface area contributed by atoms with E-state index in [-0.39, 0.29) is 6.10 Å². The van der Waals surface area contributed by atoms with E-state index in [1.165, 1.54) is 35.0 Å². The van der Waals surface area contributed by atoms with E-state index >= 15 is 0 Å². The van der Waals surface area contributed by atoms with Gasteiger partial charge in [-0.25, -0.2) is 0 Å². The van der Waals surface area contributed by atoms with E-state index in [4.69, 9.17) is 0 Å². The van der Waals surface area contributed by atoms with Gasteiger partial charge in [0.15, 0.2) is 0 Å². The van der Waals surface area contributed by atoms with Gasteiger partial charge in [-0.2, -0.15) is 0 Å². The number of thiophene rings is 1. The molecular weight excluding hydrogens is 254 g/mol. The minimum absolute atomic E-state index is 0.190. The number of benzene rings is 1. The van der Waals surface area contributed by atoms with Gasteiger partial charge in [-0.15, -0.1) is 11.3 Å². The van der Waals surface area contributed by atoms with Crippen molar-refractivity contribution in [3.63, 3.8) is 0 Å². The number of aliphatic hydroxyl groups is 1. The summed E-state index contributed by atoms with van der Waals surface area (Å²) < 4.78 is 1.38. The zero-order chi connectivity index (χ0) is 13.2. The highest BCUT2D eigenvalue weighted by atomic mass is 32.1. The summed E-state index contributed by atoms with van der Waals surface area (Å²) in [5, 5.41) is 13.3. The standard InChI is InChI=1S/C16H21NOS/c1-12(18)9-14-5-4-8-17(14)10-13-11-19-16-7-3-2-6-15(13)16/h2-3,6-7,11-12,14,18H,4-5,8-10H2,1H3. The van der Waals surface area contributed by atoms with Gasteiger partial charge in [0.25, 0.3) is 0 Å². The van der Waals surface area contributed by atoms with E-state index in [2.05, 4.69) is 34.5 Å². The SMILES string of the molecule is CC(O)CC1CCCN1Cc1csc2ccccc12. The lowest BCUT2D eigenvalue weighted by Crippen LogP contribution is -2.31. The van der Waals surface area contributed by atoms with Crippen LogP contribution in [0.3, 0.4) is 0 Å². The van der Waals surface area contributed by atoms with Gasteiger partial charge in [-0.05, 0) is 55.1 Å². The van der Waals surface area contributed by atoms with Crippen LogP contribution < -0.4 is 0 Å². The molecule has 1 aromatic carbocycles. The van der Waals surface area contributed by atoms with Gasteiger partial charge < -0.3 is 5.11 Å². The first-order chi connectivity index (χ1) is 9.24. The van der Waals surface area contributed by atoms with Gasteiger partial charge in [0.05, 0.1) is 6.10 Å². The maximum Gasteiger partial charge on any atom is 0.0527 e. The smallest absolute Gasteiger partial charge is 0.0527 e. The molecule has 1 fully saturated rings. The van der Waals surface area contributed by atoms with E-state index in [9.17, 15) is 5.11 Å². The molecule has 3 heteroatoms. The van der Waals surface area contributed by atoms with Crippen molar-refractivity contribution in [2.24, 2.45) is 0 Å². The lowest BCUT2D eigenvalue weighted by atomic mass is 10.1. The maximum absolute atomic E-state index is 9.60. The summed E-state index contributed by atoms with van der Waals surface area (Å²) in [6.45, 7) is 4.10. The molecule has 1 aliphatic rings. The molecule has 0 aliphatic carbocycles. The number of hydrogen-bond donors (Lipinski definition) is 1. The van der Waals surface area contributed by atoms with E-state index in [1.807, 2.05) is 18.3 Å². The summed E-state index contributed by atoms with van der Waals surface area (Å²) in [6, 6.07) is 9.20. The highest BCUT2D eigenvalue weighted by molar-refractivity contribution is 7.17. The van der Waals surface area contributed by atoms with E-state index in [0.717, 1.165) is 13.0 Å². The zero-order valence-corrected chi connectivity index (χ0v) is 12.2. The Labute approximate surface area is 118 Å². The van der Waals surface area contributed by atoms with Gasteiger partial charge in [-0.3, -0.25) is 4.90 Å². The zero-order valence-electron chi connectivity index (χ0n) is 11.4. The normalized spacial score (nSPS) is 22.1. The van der Waals surface area contributed by atoms with Gasteiger partial charge in [0.1, 0.15) is 0 Å². The second-order valence-corrected chi connectivity index (χ2v) is 6.52. The number of hydrogen-bond acceptors (Lipinski definition) is 3. The number of likely N-dealkylation sites (tertiary alicyclic amines) is 1. The van der Waals surface area contributed by atoms with Crippen molar-refractivity contribution in [3.8, 4) is 0 Å². The van der Waals surface area contributed by atoms with Crippen LogP contribution in [0.4, 0.5) is 0 Å². The van der Waals surface area contributed by atoms with Crippen LogP contribution in [0, 0.1) is 0 Å². The van der Waals surface area contributed by atoms with Crippen LogP contribution in [0.2, 0.25) is 0 Å². The van der Waals surface area contributed by atoms with Crippen LogP contribution >= 0.6 is 11.3 Å². The summed E-state index contributed by atoms with van der Waals surface area (Å²) >= 11 is 1.84. The molecule has 3 rings (SSSR count). The minimum atomic E-state index is -0.190. The van der Waals surface area contributed by atoms with E-state index in [1.54, 1.807) is 0 Å². The Bertz CT molecular complexity index is 548. The van der Waals surface area contributed by atoms with Crippen LogP contribution in [-0.2, 0) is 6.54 Å². The van der Waals surface area contributed by atoms with Gasteiger partial charge >= 0.3 is 0 Å². The van der Waals surface area contributed by atoms with Crippen molar-refractivity contribution in [3.05, 3.63) is 35.2 Å². The van der Waals surface area contributed by atoms with E-state index < -0.39 is 0 Å². The molecule has 2 nitrogen and oxygen atoms in total. The molecule has 2 aromatic rings. The summed E-state index contributed by atoms with van der Waals surface area (Å²) in [5.41, 5.74) is 1.44. The van der Waals surface area contributed by atoms with Crippen molar-refractivity contribution in [2.75, 3.05) is 6.54 Å². The Kier molecular flexibility index (Phi) is 3.87. The average molecular weight is 275 g/mol. The van der Waals surface area contributed by atoms with Gasteiger partial charge in [-0.1, -0.05) is 18.2 Å². The Morgan fingerprint density at radius 2 is 2.26 bits per heavy atom. The molecule has 102 valence electrons. The molecule has 0 spiro atoms. The third-order valence-electron chi connectivity index (χ3n) is 4.05. The topological polar surface area (TPSA) is 23.5 Å². The number of fused-ring (bicyclic) bond motifs is 1. The summed E-state index contributed by atoms with van der Waals surface area (Å²) in [4.78, 5) is 2.54. The predicted molar refractivity (Wildman–Crippen MR) is 81.6 cm³/mol. The minimum Gasteiger partial charge on any atom is -0.393 e. The lowest BCUT2D eigenvalue weighted by Gasteiger charge is -2.25. The lowest BCUT2D eigenvalue weighted by molar-refractivity contribution is 0.131. The fourth-order valence-corrected chi connectivity index (χ4v) is 4.09. The second-order valence-electron chi connectivity index (χ2n) is 5.61. The fraction of sp³-hybridized carbons (Fsp3) is 0.500. The number of aliphatic hydroxyl groups excluding tert-OH is 1. The number of nitrogens with zero attached hydrogens (tertiary/aromatic N) is 1. The van der Waals surface area contributed by atoms with Crippen LogP contribution in [0.1, 0.15) is 31.7 Å². The first-order valence-corrected chi connectivity index (χ1v) is 7.99. The summed E-state index contributed by atoms with van der Waals surface area (Å²) in [5.74, 6) is 0. The van der Waals surface area contributed by atoms with Crippen LogP contribution in [0.15, 0.2) is 29.6 Å². The van der Waals surface area contributed by atoms with Crippen LogP contribution in [-0.4, -0.2) is 28.7 Å². The molecule has 2 heterocycles. The second kappa shape index (κ2) is 5.61. The third kappa shape index (κ3) is 2.83. The molecule has 2 atom stereocenters. The maximum atomic E-state index is 9.60. The molecular formula is C16H21NOS. The van der Waals surface area contributed by atoms with Crippen molar-refractivity contribution >= 4 is 21.4 Å². The molecule has 0 amide bonds. The molecule has 19 heavy (non-hydrogen) atoms. The average Bonchev–Trinajstić information content (AvgIpc) is 2.98. The Hall–Kier alpha value is -0.900. The van der Waals surface area contributed by atoms with Crippen LogP contribution in [0.5, 0.6) is 0 Å². The van der Waals surface area contributed by atoms with Crippen molar-refractivity contribution < 1.29 is 5.11 Å². The molecule has 2 unspecified atom stereocenters. The van der Waals surface area contributed by atoms with Crippen LogP contribution in [0.25, 0.3) is 10.1 Å². The van der Waals surface area contributed by atoms with Crippen molar-refractivity contribution in [2.45, 2.75) is 44.9 Å². The van der Waals surface area contributed by atoms with Crippen molar-refractivity contribution in [1.29, 1.82) is 0 Å². The molecule has 0 saturated carbocycles. The Morgan fingerprint density at radius 1 is 1.42 bits per heavy atom. The van der Waals surface area contributed by atoms with Crippen molar-refractivity contribution in [1.82, 2.24) is 4.90 Å². The van der Waals surface area contributed by atoms with Gasteiger partial charge in [0, 0.05) is 17.3 Å². The Morgan fingerprint density at radius 3 is 3.11 bits per heavy atom. The molecule has 1 N–H and O–H groups in total. The summed E-state index contributed by atoms with van der Waals surface area (Å²) in [7, 11) is 0. The highest BCUT2D eigenvalue weighted by Crippen LogP contribution is 2.30. The monoisotopic (exact) mass is 275 g/mol. The highest BCUT2D eigenvalue weighted by Gasteiger charge is 2.26. The molecule has 1 saturated heterocycles. The summed E-state index contributed by atoms with van der Waals surface area (Å²) in [6.07, 6.45) is 3.21. The molecule has 0 radical (unpaired) electrons. The Balaban J connectivity index is 1.77. The van der Waals surface area contributed by atoms with Gasteiger partial charge in [0.2, 0.25) is 0 Å². The fourth-order valence-electron chi connectivity index (χ4n) is 3.14. The quantitative estimate of drug-likeness (QED) is 0.921. The third-order valence-corrected chi connectivity index (χ3v) is 5.06. The first-order valence-electron chi connectivity index (χ1n) is 7.11. The van der Waals surface area contributed by atoms with E-state index in [0.29, 0.717) is 6.04 Å². The molecule has 0 bridgehead atoms. The molecule has 1 aromatic heterocycles. The predicted octanol–water partition coefficient (Wildman–Crippen LogP) is 3.64. The largest absolute Gasteiger partial charge is 0.393 e. The molecule has 1 aliphatic heterocycles.